The molecule has 0 spiro atoms. The average Bonchev–Trinajstić information content (AvgIpc) is 2.71. The highest BCUT2D eigenvalue weighted by atomic mass is 32.1. The molecule has 0 atom stereocenters. The van der Waals surface area contributed by atoms with E-state index in [2.05, 4.69) is 0 Å². The molecule has 0 unspecified atom stereocenters. The summed E-state index contributed by atoms with van der Waals surface area (Å²) in [6, 6.07) is 7.02. The Balaban J connectivity index is 2.68. The molecule has 0 saturated heterocycles. The number of nitrogens with zero attached hydrogens (tertiary/aromatic N) is 1. The van der Waals surface area contributed by atoms with Crippen LogP contribution in [0.1, 0.15) is 13.8 Å². The van der Waals surface area contributed by atoms with Gasteiger partial charge in [0.15, 0.2) is 0 Å². The van der Waals surface area contributed by atoms with Crippen molar-refractivity contribution in [2.24, 2.45) is 0 Å². The standard InChI is InChI=1S/C13H14N2O3S/c1-13(2,11(16)17)15-10(7-19-12(15)18)8-4-3-5-9(14)6-8/h3-7H,14H2,1-2H3,(H,16,17). The molecule has 100 valence electrons. The van der Waals surface area contributed by atoms with E-state index in [-0.39, 0.29) is 4.87 Å². The average molecular weight is 278 g/mol. The Morgan fingerprint density at radius 3 is 2.68 bits per heavy atom. The molecule has 1 heterocycles. The number of aliphatic carboxylic acids is 1. The first-order chi connectivity index (χ1) is 8.84. The van der Waals surface area contributed by atoms with Crippen molar-refractivity contribution in [2.45, 2.75) is 19.4 Å². The molecule has 0 aliphatic rings. The van der Waals surface area contributed by atoms with E-state index in [4.69, 9.17) is 5.73 Å². The number of carboxylic acids is 1. The third-order valence-corrected chi connectivity index (χ3v) is 3.68. The molecule has 19 heavy (non-hydrogen) atoms. The highest BCUT2D eigenvalue weighted by Crippen LogP contribution is 2.27. The number of nitrogens with two attached hydrogens (primary N) is 1. The van der Waals surface area contributed by atoms with E-state index < -0.39 is 11.5 Å². The lowest BCUT2D eigenvalue weighted by molar-refractivity contribution is -0.145. The molecule has 2 aromatic rings. The maximum atomic E-state index is 11.9. The zero-order chi connectivity index (χ0) is 14.2. The summed E-state index contributed by atoms with van der Waals surface area (Å²) in [4.78, 5) is 23.0. The smallest absolute Gasteiger partial charge is 0.329 e. The molecule has 0 aliphatic heterocycles. The lowest BCUT2D eigenvalue weighted by Gasteiger charge is -2.23. The molecular weight excluding hydrogens is 264 g/mol. The van der Waals surface area contributed by atoms with E-state index >= 15 is 0 Å². The largest absolute Gasteiger partial charge is 0.480 e. The molecule has 1 aromatic heterocycles. The maximum absolute atomic E-state index is 11.9. The summed E-state index contributed by atoms with van der Waals surface area (Å²) in [5.41, 5.74) is 6.27. The van der Waals surface area contributed by atoms with Crippen LogP contribution >= 0.6 is 11.3 Å². The Morgan fingerprint density at radius 1 is 1.42 bits per heavy atom. The number of aromatic nitrogens is 1. The van der Waals surface area contributed by atoms with Gasteiger partial charge in [-0.2, -0.15) is 0 Å². The lowest BCUT2D eigenvalue weighted by atomic mass is 10.0. The van der Waals surface area contributed by atoms with Crippen LogP contribution in [0.3, 0.4) is 0 Å². The van der Waals surface area contributed by atoms with Crippen molar-refractivity contribution in [1.29, 1.82) is 0 Å². The SMILES string of the molecule is CC(C)(C(=O)O)n1c(-c2cccc(N)c2)csc1=O. The number of carbonyl (C=O) groups is 1. The minimum atomic E-state index is -1.31. The molecule has 5 nitrogen and oxygen atoms in total. The van der Waals surface area contributed by atoms with Crippen molar-refractivity contribution >= 4 is 23.0 Å². The van der Waals surface area contributed by atoms with E-state index in [0.29, 0.717) is 11.4 Å². The van der Waals surface area contributed by atoms with Gasteiger partial charge in [0.2, 0.25) is 0 Å². The van der Waals surface area contributed by atoms with Crippen LogP contribution in [-0.2, 0) is 10.3 Å². The van der Waals surface area contributed by atoms with E-state index in [1.807, 2.05) is 0 Å². The van der Waals surface area contributed by atoms with Gasteiger partial charge >= 0.3 is 10.8 Å². The zero-order valence-electron chi connectivity index (χ0n) is 10.6. The highest BCUT2D eigenvalue weighted by molar-refractivity contribution is 7.07. The molecular formula is C13H14N2O3S. The summed E-state index contributed by atoms with van der Waals surface area (Å²) in [6.07, 6.45) is 0. The fraction of sp³-hybridized carbons (Fsp3) is 0.231. The van der Waals surface area contributed by atoms with Crippen LogP contribution in [0.25, 0.3) is 11.3 Å². The van der Waals surface area contributed by atoms with Crippen molar-refractivity contribution in [2.75, 3.05) is 5.73 Å². The maximum Gasteiger partial charge on any atom is 0.329 e. The van der Waals surface area contributed by atoms with Gasteiger partial charge in [0, 0.05) is 16.6 Å². The van der Waals surface area contributed by atoms with Crippen molar-refractivity contribution in [1.82, 2.24) is 4.57 Å². The van der Waals surface area contributed by atoms with Crippen molar-refractivity contribution in [3.8, 4) is 11.3 Å². The van der Waals surface area contributed by atoms with E-state index in [0.717, 1.165) is 16.9 Å². The Labute approximate surface area is 113 Å². The topological polar surface area (TPSA) is 85.3 Å². The van der Waals surface area contributed by atoms with Crippen molar-refractivity contribution in [3.63, 3.8) is 0 Å². The molecule has 2 rings (SSSR count). The molecule has 0 aliphatic carbocycles. The third kappa shape index (κ3) is 2.26. The summed E-state index contributed by atoms with van der Waals surface area (Å²) >= 11 is 0.979. The van der Waals surface area contributed by atoms with Crippen molar-refractivity contribution < 1.29 is 9.90 Å². The summed E-state index contributed by atoms with van der Waals surface area (Å²) in [6.45, 7) is 3.00. The van der Waals surface area contributed by atoms with E-state index in [1.165, 1.54) is 18.4 Å². The highest BCUT2D eigenvalue weighted by Gasteiger charge is 2.33. The first-order valence-electron chi connectivity index (χ1n) is 5.64. The predicted molar refractivity (Wildman–Crippen MR) is 75.4 cm³/mol. The molecule has 0 fully saturated rings. The number of rotatable bonds is 3. The summed E-state index contributed by atoms with van der Waals surface area (Å²) in [7, 11) is 0. The van der Waals surface area contributed by atoms with Gasteiger partial charge in [-0.1, -0.05) is 23.5 Å². The van der Waals surface area contributed by atoms with Gasteiger partial charge in [0.05, 0.1) is 5.69 Å². The number of anilines is 1. The van der Waals surface area contributed by atoms with Crippen LogP contribution in [0.15, 0.2) is 34.4 Å². The normalized spacial score (nSPS) is 11.5. The second-order valence-electron chi connectivity index (χ2n) is 4.71. The van der Waals surface area contributed by atoms with Crippen LogP contribution in [0.4, 0.5) is 5.69 Å². The van der Waals surface area contributed by atoms with Crippen LogP contribution < -0.4 is 10.6 Å². The van der Waals surface area contributed by atoms with Crippen LogP contribution in [-0.4, -0.2) is 15.6 Å². The molecule has 0 radical (unpaired) electrons. The number of hydrogen-bond acceptors (Lipinski definition) is 4. The number of carboxylic acid groups (broad SMARTS) is 1. The third-order valence-electron chi connectivity index (χ3n) is 2.96. The summed E-state index contributed by atoms with van der Waals surface area (Å²) in [5, 5.41) is 10.9. The fourth-order valence-corrected chi connectivity index (χ4v) is 2.72. The Hall–Kier alpha value is -2.08. The van der Waals surface area contributed by atoms with E-state index in [9.17, 15) is 14.7 Å². The molecule has 0 amide bonds. The second-order valence-corrected chi connectivity index (χ2v) is 5.53. The summed E-state index contributed by atoms with van der Waals surface area (Å²) in [5.74, 6) is -1.06. The van der Waals surface area contributed by atoms with Crippen LogP contribution in [0.5, 0.6) is 0 Å². The second kappa shape index (κ2) is 4.55. The molecule has 0 bridgehead atoms. The van der Waals surface area contributed by atoms with Gasteiger partial charge in [0.25, 0.3) is 0 Å². The first-order valence-corrected chi connectivity index (χ1v) is 6.52. The van der Waals surface area contributed by atoms with Gasteiger partial charge in [-0.25, -0.2) is 4.79 Å². The first kappa shape index (κ1) is 13.4. The number of nitrogen functional groups attached to an aromatic ring is 1. The van der Waals surface area contributed by atoms with Gasteiger partial charge in [-0.3, -0.25) is 9.36 Å². The monoisotopic (exact) mass is 278 g/mol. The zero-order valence-corrected chi connectivity index (χ0v) is 11.4. The van der Waals surface area contributed by atoms with Gasteiger partial charge in [-0.15, -0.1) is 0 Å². The molecule has 6 heteroatoms. The fourth-order valence-electron chi connectivity index (χ4n) is 1.83. The lowest BCUT2D eigenvalue weighted by Crippen LogP contribution is -2.41. The Bertz CT molecular complexity index is 685. The number of benzene rings is 1. The van der Waals surface area contributed by atoms with Gasteiger partial charge in [0.1, 0.15) is 5.54 Å². The van der Waals surface area contributed by atoms with Gasteiger partial charge in [-0.05, 0) is 26.0 Å². The van der Waals surface area contributed by atoms with E-state index in [1.54, 1.807) is 29.6 Å². The Morgan fingerprint density at radius 2 is 2.11 bits per heavy atom. The number of thiazole rings is 1. The molecule has 0 saturated carbocycles. The van der Waals surface area contributed by atoms with Crippen LogP contribution in [0.2, 0.25) is 0 Å². The Kier molecular flexibility index (Phi) is 3.20. The van der Waals surface area contributed by atoms with Crippen molar-refractivity contribution in [3.05, 3.63) is 39.3 Å². The quantitative estimate of drug-likeness (QED) is 0.841. The number of hydrogen-bond donors (Lipinski definition) is 2. The predicted octanol–water partition coefficient (Wildman–Crippen LogP) is 1.98. The summed E-state index contributed by atoms with van der Waals surface area (Å²) < 4.78 is 1.29. The molecule has 1 aromatic carbocycles. The molecule has 3 N–H and O–H groups in total. The van der Waals surface area contributed by atoms with Gasteiger partial charge < -0.3 is 10.8 Å². The minimum Gasteiger partial charge on any atom is -0.480 e. The van der Waals surface area contributed by atoms with Crippen LogP contribution in [0, 0.1) is 0 Å². The minimum absolute atomic E-state index is 0.301.